The van der Waals surface area contributed by atoms with Crippen molar-refractivity contribution in [2.24, 2.45) is 0 Å². The van der Waals surface area contributed by atoms with Crippen LogP contribution in [0.1, 0.15) is 11.4 Å². The average molecular weight is 301 g/mol. The van der Waals surface area contributed by atoms with Gasteiger partial charge >= 0.3 is 6.18 Å². The Balaban J connectivity index is 2.25. The molecule has 2 N–H and O–H groups in total. The molecule has 4 nitrogen and oxygen atoms in total. The van der Waals surface area contributed by atoms with E-state index < -0.39 is 12.0 Å². The van der Waals surface area contributed by atoms with Crippen LogP contribution in [0, 0.1) is 0 Å². The van der Waals surface area contributed by atoms with Gasteiger partial charge < -0.3 is 10.5 Å². The van der Waals surface area contributed by atoms with Crippen LogP contribution >= 0.6 is 11.5 Å². The fourth-order valence-electron chi connectivity index (χ4n) is 1.47. The van der Waals surface area contributed by atoms with Crippen LogP contribution in [-0.2, 0) is 12.6 Å². The van der Waals surface area contributed by atoms with Gasteiger partial charge in [0.1, 0.15) is 5.75 Å². The molecule has 0 aliphatic heterocycles. The second kappa shape index (κ2) is 5.49. The lowest BCUT2D eigenvalue weighted by Crippen LogP contribution is -2.07. The van der Waals surface area contributed by atoms with Crippen molar-refractivity contribution in [2.75, 3.05) is 5.73 Å². The van der Waals surface area contributed by atoms with Gasteiger partial charge in [0, 0.05) is 22.8 Å². The van der Waals surface area contributed by atoms with Crippen molar-refractivity contribution in [2.45, 2.75) is 12.6 Å². The van der Waals surface area contributed by atoms with Crippen LogP contribution < -0.4 is 10.5 Å². The van der Waals surface area contributed by atoms with Gasteiger partial charge in [0.05, 0.1) is 0 Å². The zero-order valence-electron chi connectivity index (χ0n) is 10.1. The smallest absolute Gasteiger partial charge is 0.430 e. The topological polar surface area (TPSA) is 61.0 Å². The maximum absolute atomic E-state index is 12.4. The number of rotatable bonds is 4. The normalized spacial score (nSPS) is 11.3. The second-order valence-electron chi connectivity index (χ2n) is 3.84. The van der Waals surface area contributed by atoms with E-state index in [1.807, 2.05) is 0 Å². The summed E-state index contributed by atoms with van der Waals surface area (Å²) in [4.78, 5) is 3.30. The minimum Gasteiger partial charge on any atom is -0.430 e. The van der Waals surface area contributed by atoms with Crippen molar-refractivity contribution < 1.29 is 17.9 Å². The number of hydrogen-bond acceptors (Lipinski definition) is 5. The SMILES string of the molecule is C=CCc1cc(N)ccc1Oc1nc(C(F)(F)F)ns1. The molecule has 1 aromatic heterocycles. The Morgan fingerprint density at radius 2 is 2.15 bits per heavy atom. The first-order valence-corrected chi connectivity index (χ1v) is 6.25. The molecule has 2 aromatic rings. The molecular weight excluding hydrogens is 291 g/mol. The lowest BCUT2D eigenvalue weighted by Gasteiger charge is -2.08. The molecule has 0 spiro atoms. The maximum Gasteiger partial charge on any atom is 0.452 e. The molecule has 2 rings (SSSR count). The molecule has 0 bridgehead atoms. The van der Waals surface area contributed by atoms with Crippen LogP contribution in [0.4, 0.5) is 18.9 Å². The quantitative estimate of drug-likeness (QED) is 0.691. The average Bonchev–Trinajstić information content (AvgIpc) is 2.81. The molecule has 0 saturated heterocycles. The predicted molar refractivity (Wildman–Crippen MR) is 69.7 cm³/mol. The molecule has 0 atom stereocenters. The van der Waals surface area contributed by atoms with E-state index in [-0.39, 0.29) is 5.19 Å². The van der Waals surface area contributed by atoms with Crippen molar-refractivity contribution in [1.82, 2.24) is 9.36 Å². The molecule has 0 aliphatic rings. The van der Waals surface area contributed by atoms with E-state index in [4.69, 9.17) is 10.5 Å². The third kappa shape index (κ3) is 3.27. The summed E-state index contributed by atoms with van der Waals surface area (Å²) in [6.45, 7) is 3.60. The van der Waals surface area contributed by atoms with E-state index in [1.54, 1.807) is 24.3 Å². The summed E-state index contributed by atoms with van der Waals surface area (Å²) in [6.07, 6.45) is -2.46. The third-order valence-corrected chi connectivity index (χ3v) is 2.90. The number of allylic oxidation sites excluding steroid dienone is 1. The van der Waals surface area contributed by atoms with Crippen LogP contribution in [0.5, 0.6) is 10.9 Å². The monoisotopic (exact) mass is 301 g/mol. The van der Waals surface area contributed by atoms with Crippen LogP contribution in [0.3, 0.4) is 0 Å². The lowest BCUT2D eigenvalue weighted by molar-refractivity contribution is -0.144. The number of halogens is 3. The standard InChI is InChI=1S/C12H10F3N3OS/c1-2-3-7-6-8(16)4-5-9(7)19-11-17-10(18-20-11)12(13,14)15/h2,4-6H,1,3,16H2. The second-order valence-corrected chi connectivity index (χ2v) is 4.56. The number of ether oxygens (including phenoxy) is 1. The van der Waals surface area contributed by atoms with Gasteiger partial charge in [-0.1, -0.05) is 6.08 Å². The third-order valence-electron chi connectivity index (χ3n) is 2.31. The molecule has 0 aliphatic carbocycles. The summed E-state index contributed by atoms with van der Waals surface area (Å²) in [5.74, 6) is -0.831. The van der Waals surface area contributed by atoms with Crippen molar-refractivity contribution >= 4 is 17.2 Å². The molecule has 1 aromatic carbocycles. The predicted octanol–water partition coefficient (Wildman–Crippen LogP) is 3.66. The van der Waals surface area contributed by atoms with Crippen LogP contribution in [0.15, 0.2) is 30.9 Å². The maximum atomic E-state index is 12.4. The first kappa shape index (κ1) is 14.3. The largest absolute Gasteiger partial charge is 0.452 e. The Morgan fingerprint density at radius 1 is 1.40 bits per heavy atom. The van der Waals surface area contributed by atoms with E-state index >= 15 is 0 Å². The number of aromatic nitrogens is 2. The zero-order chi connectivity index (χ0) is 14.8. The van der Waals surface area contributed by atoms with Crippen LogP contribution in [0.2, 0.25) is 0 Å². The molecule has 0 fully saturated rings. The molecule has 1 heterocycles. The highest BCUT2D eigenvalue weighted by molar-refractivity contribution is 7.07. The summed E-state index contributed by atoms with van der Waals surface area (Å²) in [6, 6.07) is 4.83. The number of nitrogens with zero attached hydrogens (tertiary/aromatic N) is 2. The molecule has 20 heavy (non-hydrogen) atoms. The number of benzene rings is 1. The first-order valence-electron chi connectivity index (χ1n) is 5.48. The molecular formula is C12H10F3N3OS. The van der Waals surface area contributed by atoms with Gasteiger partial charge in [-0.15, -0.1) is 6.58 Å². The van der Waals surface area contributed by atoms with Gasteiger partial charge in [-0.05, 0) is 24.6 Å². The molecule has 0 saturated carbocycles. The Morgan fingerprint density at radius 3 is 2.75 bits per heavy atom. The number of hydrogen-bond donors (Lipinski definition) is 1. The molecule has 8 heteroatoms. The fraction of sp³-hybridized carbons (Fsp3) is 0.167. The van der Waals surface area contributed by atoms with Gasteiger partial charge in [0.15, 0.2) is 0 Å². The van der Waals surface area contributed by atoms with Crippen molar-refractivity contribution in [3.05, 3.63) is 42.2 Å². The Bertz CT molecular complexity index is 625. The molecule has 106 valence electrons. The summed E-state index contributed by atoms with van der Waals surface area (Å²) in [5.41, 5.74) is 6.89. The summed E-state index contributed by atoms with van der Waals surface area (Å²) >= 11 is 0.542. The molecule has 0 unspecified atom stereocenters. The Kier molecular flexibility index (Phi) is 3.93. The van der Waals surface area contributed by atoms with Crippen LogP contribution in [-0.4, -0.2) is 9.36 Å². The van der Waals surface area contributed by atoms with Crippen molar-refractivity contribution in [3.8, 4) is 10.9 Å². The minimum absolute atomic E-state index is 0.174. The van der Waals surface area contributed by atoms with Gasteiger partial charge in [-0.3, -0.25) is 0 Å². The molecule has 0 amide bonds. The lowest BCUT2D eigenvalue weighted by atomic mass is 10.1. The highest BCUT2D eigenvalue weighted by Crippen LogP contribution is 2.33. The van der Waals surface area contributed by atoms with E-state index in [0.717, 1.165) is 0 Å². The Hall–Kier alpha value is -2.09. The minimum atomic E-state index is -4.58. The van der Waals surface area contributed by atoms with Crippen molar-refractivity contribution in [1.29, 1.82) is 0 Å². The summed E-state index contributed by atoms with van der Waals surface area (Å²) in [7, 11) is 0. The van der Waals surface area contributed by atoms with E-state index in [9.17, 15) is 13.2 Å². The number of nitrogens with two attached hydrogens (primary N) is 1. The van der Waals surface area contributed by atoms with Gasteiger partial charge in [-0.25, -0.2) is 0 Å². The summed E-state index contributed by atoms with van der Waals surface area (Å²) < 4.78 is 45.7. The first-order chi connectivity index (χ1) is 9.40. The Labute approximate surface area is 116 Å². The van der Waals surface area contributed by atoms with E-state index in [2.05, 4.69) is 15.9 Å². The number of nitrogen functional groups attached to an aromatic ring is 1. The van der Waals surface area contributed by atoms with Gasteiger partial charge in [0.2, 0.25) is 0 Å². The fourth-order valence-corrected chi connectivity index (χ4v) is 2.04. The van der Waals surface area contributed by atoms with E-state index in [1.165, 1.54) is 0 Å². The zero-order valence-corrected chi connectivity index (χ0v) is 11.0. The number of alkyl halides is 3. The van der Waals surface area contributed by atoms with E-state index in [0.29, 0.717) is 35.0 Å². The van der Waals surface area contributed by atoms with Crippen molar-refractivity contribution in [3.63, 3.8) is 0 Å². The highest BCUT2D eigenvalue weighted by atomic mass is 32.1. The highest BCUT2D eigenvalue weighted by Gasteiger charge is 2.36. The van der Waals surface area contributed by atoms with Gasteiger partial charge in [0.25, 0.3) is 11.0 Å². The summed E-state index contributed by atoms with van der Waals surface area (Å²) in [5, 5.41) is -0.174. The van der Waals surface area contributed by atoms with Crippen LogP contribution in [0.25, 0.3) is 0 Å². The number of anilines is 1. The molecule has 0 radical (unpaired) electrons. The van der Waals surface area contributed by atoms with Gasteiger partial charge in [-0.2, -0.15) is 22.5 Å².